The van der Waals surface area contributed by atoms with E-state index >= 15 is 0 Å². The molecule has 1 N–H and O–H groups in total. The van der Waals surface area contributed by atoms with Crippen molar-refractivity contribution in [2.24, 2.45) is 0 Å². The lowest BCUT2D eigenvalue weighted by Gasteiger charge is -2.18. The Bertz CT molecular complexity index is 821. The second kappa shape index (κ2) is 9.62. The summed E-state index contributed by atoms with van der Waals surface area (Å²) in [4.78, 5) is 36.4. The molecule has 0 radical (unpaired) electrons. The number of Topliss-reactive ketones (excluding diaryl/α,β-unsaturated/α-hetero) is 1. The van der Waals surface area contributed by atoms with E-state index in [0.717, 1.165) is 16.9 Å². The van der Waals surface area contributed by atoms with Crippen LogP contribution in [0.1, 0.15) is 48.0 Å². The Kier molecular flexibility index (Phi) is 7.50. The molecule has 2 rings (SSSR count). The Morgan fingerprint density at radius 3 is 2.37 bits per heavy atom. The molecular weight excluding hydrogens is 393 g/mol. The fraction of sp³-hybridized carbons (Fsp3) is 0.316. The van der Waals surface area contributed by atoms with Crippen LogP contribution in [0, 0.1) is 5.82 Å². The highest BCUT2D eigenvalue weighted by atomic mass is 35.5. The van der Waals surface area contributed by atoms with Crippen molar-refractivity contribution in [1.29, 1.82) is 0 Å². The first-order valence-corrected chi connectivity index (χ1v) is 9.49. The van der Waals surface area contributed by atoms with Gasteiger partial charge in [-0.3, -0.25) is 14.4 Å². The summed E-state index contributed by atoms with van der Waals surface area (Å²) in [5, 5.41) is 2.70. The summed E-state index contributed by atoms with van der Waals surface area (Å²) in [6.07, 6.45) is -1.15. The average Bonchev–Trinajstić information content (AvgIpc) is 3.06. The van der Waals surface area contributed by atoms with E-state index in [0.29, 0.717) is 9.21 Å². The molecule has 1 amide bonds. The smallest absolute Gasteiger partial charge is 0.307 e. The molecule has 1 aromatic heterocycles. The van der Waals surface area contributed by atoms with Gasteiger partial charge in [0.25, 0.3) is 5.91 Å². The predicted octanol–water partition coefficient (Wildman–Crippen LogP) is 4.31. The Labute approximate surface area is 165 Å². The van der Waals surface area contributed by atoms with Crippen molar-refractivity contribution in [1.82, 2.24) is 5.32 Å². The number of rotatable bonds is 8. The molecule has 1 aromatic carbocycles. The topological polar surface area (TPSA) is 72.5 Å². The van der Waals surface area contributed by atoms with Crippen LogP contribution >= 0.6 is 22.9 Å². The Hall–Kier alpha value is -2.25. The number of amides is 1. The number of ether oxygens (including phenoxy) is 1. The van der Waals surface area contributed by atoms with Crippen molar-refractivity contribution < 1.29 is 23.5 Å². The molecular formula is C19H19ClFNO4S. The molecule has 0 spiro atoms. The fourth-order valence-corrected chi connectivity index (χ4v) is 3.29. The van der Waals surface area contributed by atoms with E-state index in [1.54, 1.807) is 31.2 Å². The first-order chi connectivity index (χ1) is 12.8. The number of nitrogens with one attached hydrogen (secondary N) is 1. The summed E-state index contributed by atoms with van der Waals surface area (Å²) < 4.78 is 18.5. The van der Waals surface area contributed by atoms with Crippen molar-refractivity contribution in [3.63, 3.8) is 0 Å². The van der Waals surface area contributed by atoms with Gasteiger partial charge in [0.15, 0.2) is 11.9 Å². The normalized spacial score (nSPS) is 12.9. The number of esters is 1. The number of carbonyl (C=O) groups is 3. The number of carbonyl (C=O) groups excluding carboxylic acids is 3. The highest BCUT2D eigenvalue weighted by molar-refractivity contribution is 7.18. The van der Waals surface area contributed by atoms with Crippen LogP contribution in [0.15, 0.2) is 36.4 Å². The average molecular weight is 412 g/mol. The third-order valence-electron chi connectivity index (χ3n) is 3.81. The van der Waals surface area contributed by atoms with Crippen LogP contribution in [0.5, 0.6) is 0 Å². The van der Waals surface area contributed by atoms with Gasteiger partial charge in [-0.2, -0.15) is 0 Å². The number of hydrogen-bond acceptors (Lipinski definition) is 5. The molecule has 1 heterocycles. The Morgan fingerprint density at radius 1 is 1.11 bits per heavy atom. The summed E-state index contributed by atoms with van der Waals surface area (Å²) in [5.41, 5.74) is 0.725. The maximum absolute atomic E-state index is 12.9. The van der Waals surface area contributed by atoms with Gasteiger partial charge >= 0.3 is 5.97 Å². The molecule has 0 aliphatic carbocycles. The number of ketones is 1. The summed E-state index contributed by atoms with van der Waals surface area (Å²) in [6.45, 7) is 3.19. The van der Waals surface area contributed by atoms with E-state index in [2.05, 4.69) is 5.32 Å². The van der Waals surface area contributed by atoms with Crippen LogP contribution in [0.4, 0.5) is 4.39 Å². The Balaban J connectivity index is 1.78. The van der Waals surface area contributed by atoms with Gasteiger partial charge in [-0.25, -0.2) is 4.39 Å². The van der Waals surface area contributed by atoms with Crippen LogP contribution in [0.2, 0.25) is 4.34 Å². The number of thiophene rings is 1. The van der Waals surface area contributed by atoms with Crippen molar-refractivity contribution in [2.75, 3.05) is 0 Å². The maximum Gasteiger partial charge on any atom is 0.307 e. The zero-order valence-electron chi connectivity index (χ0n) is 14.8. The number of halogens is 2. The monoisotopic (exact) mass is 411 g/mol. The molecule has 2 atom stereocenters. The van der Waals surface area contributed by atoms with Crippen LogP contribution in [-0.4, -0.2) is 23.8 Å². The summed E-state index contributed by atoms with van der Waals surface area (Å²) >= 11 is 6.92. The molecule has 0 saturated carbocycles. The lowest BCUT2D eigenvalue weighted by atomic mass is 10.1. The van der Waals surface area contributed by atoms with E-state index in [1.807, 2.05) is 0 Å². The number of hydrogen-bond donors (Lipinski definition) is 1. The molecule has 0 bridgehead atoms. The molecule has 2 unspecified atom stereocenters. The van der Waals surface area contributed by atoms with Crippen LogP contribution in [0.3, 0.4) is 0 Å². The Morgan fingerprint density at radius 2 is 1.78 bits per heavy atom. The van der Waals surface area contributed by atoms with Crippen LogP contribution in [0.25, 0.3) is 0 Å². The van der Waals surface area contributed by atoms with Gasteiger partial charge in [0.2, 0.25) is 0 Å². The quantitative estimate of drug-likeness (QED) is 0.519. The van der Waals surface area contributed by atoms with E-state index < -0.39 is 18.0 Å². The van der Waals surface area contributed by atoms with E-state index in [1.165, 1.54) is 19.1 Å². The standard InChI is InChI=1S/C19H19ClFNO4S/c1-11(13-3-5-14(21)6-4-13)22-19(25)12(2)26-18(24)10-7-15(23)16-8-9-17(20)27-16/h3-6,8-9,11-12H,7,10H2,1-2H3,(H,22,25). The van der Waals surface area contributed by atoms with E-state index in [9.17, 15) is 18.8 Å². The summed E-state index contributed by atoms with van der Waals surface area (Å²) in [6, 6.07) is 8.60. The lowest BCUT2D eigenvalue weighted by Crippen LogP contribution is -2.37. The van der Waals surface area contributed by atoms with Crippen LogP contribution in [-0.2, 0) is 14.3 Å². The minimum atomic E-state index is -1.01. The van der Waals surface area contributed by atoms with Crippen molar-refractivity contribution in [3.8, 4) is 0 Å². The molecule has 8 heteroatoms. The van der Waals surface area contributed by atoms with Crippen molar-refractivity contribution >= 4 is 40.6 Å². The third-order valence-corrected chi connectivity index (χ3v) is 5.08. The van der Waals surface area contributed by atoms with E-state index in [-0.39, 0.29) is 30.5 Å². The summed E-state index contributed by atoms with van der Waals surface area (Å²) in [7, 11) is 0. The minimum Gasteiger partial charge on any atom is -0.453 e. The zero-order chi connectivity index (χ0) is 20.0. The second-order valence-electron chi connectivity index (χ2n) is 5.94. The molecule has 0 aliphatic rings. The first-order valence-electron chi connectivity index (χ1n) is 8.30. The van der Waals surface area contributed by atoms with Gasteiger partial charge in [0, 0.05) is 6.42 Å². The van der Waals surface area contributed by atoms with Crippen LogP contribution < -0.4 is 5.32 Å². The summed E-state index contributed by atoms with van der Waals surface area (Å²) in [5.74, 6) is -1.68. The number of benzene rings is 1. The molecule has 27 heavy (non-hydrogen) atoms. The molecule has 5 nitrogen and oxygen atoms in total. The van der Waals surface area contributed by atoms with Gasteiger partial charge in [0.05, 0.1) is 21.7 Å². The fourth-order valence-electron chi connectivity index (χ4n) is 2.28. The highest BCUT2D eigenvalue weighted by Crippen LogP contribution is 2.23. The lowest BCUT2D eigenvalue weighted by molar-refractivity contribution is -0.155. The minimum absolute atomic E-state index is 0.0179. The first kappa shape index (κ1) is 21.1. The largest absolute Gasteiger partial charge is 0.453 e. The molecule has 0 aliphatic heterocycles. The molecule has 0 fully saturated rings. The maximum atomic E-state index is 12.9. The van der Waals surface area contributed by atoms with Gasteiger partial charge in [0.1, 0.15) is 5.82 Å². The molecule has 2 aromatic rings. The molecule has 144 valence electrons. The highest BCUT2D eigenvalue weighted by Gasteiger charge is 2.21. The molecule has 0 saturated heterocycles. The van der Waals surface area contributed by atoms with Crippen molar-refractivity contribution in [2.45, 2.75) is 38.8 Å². The van der Waals surface area contributed by atoms with Crippen molar-refractivity contribution in [3.05, 3.63) is 57.0 Å². The van der Waals surface area contributed by atoms with Gasteiger partial charge < -0.3 is 10.1 Å². The van der Waals surface area contributed by atoms with Gasteiger partial charge in [-0.05, 0) is 43.7 Å². The second-order valence-corrected chi connectivity index (χ2v) is 7.66. The zero-order valence-corrected chi connectivity index (χ0v) is 16.4. The SMILES string of the molecule is CC(OC(=O)CCC(=O)c1ccc(Cl)s1)C(=O)NC(C)c1ccc(F)cc1. The van der Waals surface area contributed by atoms with Gasteiger partial charge in [-0.15, -0.1) is 11.3 Å². The predicted molar refractivity (Wildman–Crippen MR) is 101 cm³/mol. The third kappa shape index (κ3) is 6.45. The van der Waals surface area contributed by atoms with E-state index in [4.69, 9.17) is 16.3 Å². The van der Waals surface area contributed by atoms with Gasteiger partial charge in [-0.1, -0.05) is 23.7 Å².